The lowest BCUT2D eigenvalue weighted by atomic mass is 9.93. The van der Waals surface area contributed by atoms with E-state index in [1.54, 1.807) is 0 Å². The van der Waals surface area contributed by atoms with Crippen molar-refractivity contribution in [1.29, 1.82) is 0 Å². The summed E-state index contributed by atoms with van der Waals surface area (Å²) >= 11 is 0. The highest BCUT2D eigenvalue weighted by molar-refractivity contribution is 4.90. The molecule has 2 heteroatoms. The average Bonchev–Trinajstić information content (AvgIpc) is 2.58. The molecule has 1 N–H and O–H groups in total. The van der Waals surface area contributed by atoms with Crippen LogP contribution in [0.3, 0.4) is 0 Å². The molecule has 100 valence electrons. The lowest BCUT2D eigenvalue weighted by Gasteiger charge is -2.31. The summed E-state index contributed by atoms with van der Waals surface area (Å²) in [6, 6.07) is 1.64. The number of nitrogens with zero attached hydrogens (tertiary/aromatic N) is 1. The molecule has 1 aliphatic heterocycles. The van der Waals surface area contributed by atoms with Gasteiger partial charge in [-0.3, -0.25) is 4.90 Å². The molecule has 2 rings (SSSR count). The minimum atomic E-state index is 0.763. The molecule has 0 radical (unpaired) electrons. The Labute approximate surface area is 107 Å². The highest BCUT2D eigenvalue weighted by Crippen LogP contribution is 2.37. The molecule has 17 heavy (non-hydrogen) atoms. The fourth-order valence-corrected chi connectivity index (χ4v) is 3.94. The van der Waals surface area contributed by atoms with E-state index in [0.29, 0.717) is 0 Å². The van der Waals surface area contributed by atoms with Crippen molar-refractivity contribution in [2.24, 2.45) is 11.8 Å². The van der Waals surface area contributed by atoms with Crippen molar-refractivity contribution in [2.75, 3.05) is 19.6 Å². The third-order valence-corrected chi connectivity index (χ3v) is 5.27. The van der Waals surface area contributed by atoms with Crippen molar-refractivity contribution in [3.8, 4) is 0 Å². The Balaban J connectivity index is 1.90. The average molecular weight is 238 g/mol. The standard InChI is InChI=1S/C15H30N2/c1-4-13-6-7-15(12(13)3)17-10-8-14(5-2)16-9-11-17/h12-16H,4-11H2,1-3H3. The van der Waals surface area contributed by atoms with Crippen LogP contribution < -0.4 is 5.32 Å². The van der Waals surface area contributed by atoms with Gasteiger partial charge in [-0.1, -0.05) is 27.2 Å². The molecule has 4 atom stereocenters. The van der Waals surface area contributed by atoms with Gasteiger partial charge in [-0.15, -0.1) is 0 Å². The van der Waals surface area contributed by atoms with Gasteiger partial charge in [0.15, 0.2) is 0 Å². The van der Waals surface area contributed by atoms with Crippen molar-refractivity contribution in [3.05, 3.63) is 0 Å². The Bertz CT molecular complexity index is 229. The van der Waals surface area contributed by atoms with E-state index < -0.39 is 0 Å². The summed E-state index contributed by atoms with van der Waals surface area (Å²) in [7, 11) is 0. The van der Waals surface area contributed by atoms with Crippen LogP contribution in [0.2, 0.25) is 0 Å². The summed E-state index contributed by atoms with van der Waals surface area (Å²) in [5.74, 6) is 1.90. The molecular formula is C15H30N2. The Morgan fingerprint density at radius 2 is 1.88 bits per heavy atom. The van der Waals surface area contributed by atoms with Gasteiger partial charge in [0.1, 0.15) is 0 Å². The van der Waals surface area contributed by atoms with Crippen molar-refractivity contribution in [2.45, 2.75) is 65.0 Å². The van der Waals surface area contributed by atoms with Gasteiger partial charge in [-0.05, 0) is 44.1 Å². The van der Waals surface area contributed by atoms with Gasteiger partial charge in [-0.2, -0.15) is 0 Å². The highest BCUT2D eigenvalue weighted by atomic mass is 15.2. The molecule has 2 fully saturated rings. The summed E-state index contributed by atoms with van der Waals surface area (Å²) in [5, 5.41) is 3.68. The number of rotatable bonds is 3. The van der Waals surface area contributed by atoms with E-state index in [0.717, 1.165) is 23.9 Å². The van der Waals surface area contributed by atoms with E-state index in [1.165, 1.54) is 51.7 Å². The minimum Gasteiger partial charge on any atom is -0.313 e. The van der Waals surface area contributed by atoms with Gasteiger partial charge in [0.25, 0.3) is 0 Å². The predicted octanol–water partition coefficient (Wildman–Crippen LogP) is 2.89. The van der Waals surface area contributed by atoms with Crippen LogP contribution in [0.1, 0.15) is 52.9 Å². The first-order valence-corrected chi connectivity index (χ1v) is 7.73. The topological polar surface area (TPSA) is 15.3 Å². The second-order valence-corrected chi connectivity index (χ2v) is 6.06. The van der Waals surface area contributed by atoms with Gasteiger partial charge in [0.2, 0.25) is 0 Å². The zero-order valence-electron chi connectivity index (χ0n) is 11.9. The van der Waals surface area contributed by atoms with Crippen molar-refractivity contribution >= 4 is 0 Å². The van der Waals surface area contributed by atoms with Gasteiger partial charge in [0, 0.05) is 25.2 Å². The smallest absolute Gasteiger partial charge is 0.0124 e. The largest absolute Gasteiger partial charge is 0.313 e. The van der Waals surface area contributed by atoms with Crippen molar-refractivity contribution in [3.63, 3.8) is 0 Å². The maximum absolute atomic E-state index is 3.68. The van der Waals surface area contributed by atoms with Crippen LogP contribution in [0.25, 0.3) is 0 Å². The number of nitrogens with one attached hydrogen (secondary N) is 1. The maximum Gasteiger partial charge on any atom is 0.0124 e. The maximum atomic E-state index is 3.68. The lowest BCUT2D eigenvalue weighted by molar-refractivity contribution is 0.162. The van der Waals surface area contributed by atoms with Crippen LogP contribution in [0.5, 0.6) is 0 Å². The number of hydrogen-bond donors (Lipinski definition) is 1. The van der Waals surface area contributed by atoms with E-state index in [1.807, 2.05) is 0 Å². The molecule has 1 saturated carbocycles. The zero-order valence-corrected chi connectivity index (χ0v) is 11.9. The van der Waals surface area contributed by atoms with Gasteiger partial charge < -0.3 is 5.32 Å². The summed E-state index contributed by atoms with van der Waals surface area (Å²) < 4.78 is 0. The van der Waals surface area contributed by atoms with Crippen LogP contribution in [0, 0.1) is 11.8 Å². The second-order valence-electron chi connectivity index (χ2n) is 6.06. The molecular weight excluding hydrogens is 208 g/mol. The first-order chi connectivity index (χ1) is 8.26. The molecule has 0 amide bonds. The summed E-state index contributed by atoms with van der Waals surface area (Å²) in [5.41, 5.74) is 0. The van der Waals surface area contributed by atoms with Gasteiger partial charge in [-0.25, -0.2) is 0 Å². The monoisotopic (exact) mass is 238 g/mol. The van der Waals surface area contributed by atoms with Gasteiger partial charge >= 0.3 is 0 Å². The Kier molecular flexibility index (Phi) is 4.87. The molecule has 1 aliphatic carbocycles. The molecule has 0 aromatic heterocycles. The predicted molar refractivity (Wildman–Crippen MR) is 74.2 cm³/mol. The van der Waals surface area contributed by atoms with E-state index in [2.05, 4.69) is 31.0 Å². The van der Waals surface area contributed by atoms with Crippen LogP contribution >= 0.6 is 0 Å². The fourth-order valence-electron chi connectivity index (χ4n) is 3.94. The molecule has 0 spiro atoms. The first-order valence-electron chi connectivity index (χ1n) is 7.73. The SMILES string of the molecule is CCC1CCN(C2CCC(CC)C2C)CCN1. The molecule has 1 heterocycles. The molecule has 0 aromatic carbocycles. The quantitative estimate of drug-likeness (QED) is 0.813. The molecule has 1 saturated heterocycles. The molecule has 2 aliphatic rings. The van der Waals surface area contributed by atoms with Crippen LogP contribution in [-0.4, -0.2) is 36.6 Å². The number of hydrogen-bond acceptors (Lipinski definition) is 2. The molecule has 0 aromatic rings. The van der Waals surface area contributed by atoms with E-state index in [-0.39, 0.29) is 0 Å². The molecule has 4 unspecified atom stereocenters. The second kappa shape index (κ2) is 6.19. The minimum absolute atomic E-state index is 0.763. The first kappa shape index (κ1) is 13.4. The van der Waals surface area contributed by atoms with Crippen LogP contribution in [0.15, 0.2) is 0 Å². The highest BCUT2D eigenvalue weighted by Gasteiger charge is 2.35. The van der Waals surface area contributed by atoms with E-state index in [4.69, 9.17) is 0 Å². The Morgan fingerprint density at radius 1 is 1.06 bits per heavy atom. The van der Waals surface area contributed by atoms with E-state index >= 15 is 0 Å². The zero-order chi connectivity index (χ0) is 12.3. The molecule has 2 nitrogen and oxygen atoms in total. The molecule has 0 bridgehead atoms. The van der Waals surface area contributed by atoms with Crippen molar-refractivity contribution < 1.29 is 0 Å². The normalized spacial score (nSPS) is 40.4. The van der Waals surface area contributed by atoms with E-state index in [9.17, 15) is 0 Å². The third-order valence-electron chi connectivity index (χ3n) is 5.27. The fraction of sp³-hybridized carbons (Fsp3) is 1.00. The van der Waals surface area contributed by atoms with Crippen molar-refractivity contribution in [1.82, 2.24) is 10.2 Å². The summed E-state index contributed by atoms with van der Waals surface area (Å²) in [4.78, 5) is 2.78. The third kappa shape index (κ3) is 3.03. The van der Waals surface area contributed by atoms with Crippen LogP contribution in [0.4, 0.5) is 0 Å². The lowest BCUT2D eigenvalue weighted by Crippen LogP contribution is -2.40. The summed E-state index contributed by atoms with van der Waals surface area (Å²) in [6.45, 7) is 10.9. The van der Waals surface area contributed by atoms with Crippen LogP contribution in [-0.2, 0) is 0 Å². The van der Waals surface area contributed by atoms with Gasteiger partial charge in [0.05, 0.1) is 0 Å². The Morgan fingerprint density at radius 3 is 2.53 bits per heavy atom. The summed E-state index contributed by atoms with van der Waals surface area (Å²) in [6.07, 6.45) is 6.91. The Hall–Kier alpha value is -0.0800.